The number of nitrogens with one attached hydrogen (secondary N) is 1. The summed E-state index contributed by atoms with van der Waals surface area (Å²) in [6.45, 7) is 1.41. The Kier molecular flexibility index (Phi) is 5.92. The van der Waals surface area contributed by atoms with E-state index in [-0.39, 0.29) is 10.7 Å². The summed E-state index contributed by atoms with van der Waals surface area (Å²) in [5, 5.41) is 0. The Hall–Kier alpha value is -2.96. The third kappa shape index (κ3) is 4.47. The van der Waals surface area contributed by atoms with E-state index in [0.29, 0.717) is 11.3 Å². The molecule has 0 aliphatic rings. The van der Waals surface area contributed by atoms with E-state index in [1.165, 1.54) is 19.1 Å². The molecule has 3 aromatic carbocycles. The smallest absolute Gasteiger partial charge is 0.241 e. The molecule has 0 fully saturated rings. The third-order valence-corrected chi connectivity index (χ3v) is 5.83. The number of rotatable bonds is 7. The zero-order chi connectivity index (χ0) is 20.1. The number of ketones is 1. The first-order valence-corrected chi connectivity index (χ1v) is 10.2. The highest BCUT2D eigenvalue weighted by atomic mass is 32.2. The fourth-order valence-corrected chi connectivity index (χ4v) is 4.13. The molecule has 0 aliphatic carbocycles. The van der Waals surface area contributed by atoms with Gasteiger partial charge in [0.2, 0.25) is 10.0 Å². The number of ether oxygens (including phenoxy) is 1. The number of Topliss-reactive ketones (excluding diaryl/α,β-unsaturated/α-hetero) is 1. The second kappa shape index (κ2) is 8.37. The topological polar surface area (TPSA) is 72.5 Å². The predicted molar refractivity (Wildman–Crippen MR) is 108 cm³/mol. The van der Waals surface area contributed by atoms with Crippen molar-refractivity contribution in [3.63, 3.8) is 0 Å². The van der Waals surface area contributed by atoms with E-state index in [0.717, 1.165) is 11.1 Å². The van der Waals surface area contributed by atoms with E-state index >= 15 is 0 Å². The molecule has 0 bridgehead atoms. The number of sulfonamides is 1. The molecule has 3 aromatic rings. The van der Waals surface area contributed by atoms with Crippen molar-refractivity contribution in [3.05, 3.63) is 95.6 Å². The highest BCUT2D eigenvalue weighted by Gasteiger charge is 2.23. The van der Waals surface area contributed by atoms with Crippen LogP contribution in [-0.2, 0) is 10.0 Å². The normalized spacial score (nSPS) is 12.4. The molecule has 144 valence electrons. The third-order valence-electron chi connectivity index (χ3n) is 4.41. The van der Waals surface area contributed by atoms with Crippen molar-refractivity contribution in [1.29, 1.82) is 0 Å². The van der Waals surface area contributed by atoms with Crippen LogP contribution in [0.25, 0.3) is 0 Å². The average molecular weight is 395 g/mol. The van der Waals surface area contributed by atoms with Crippen LogP contribution in [0.15, 0.2) is 83.8 Å². The summed E-state index contributed by atoms with van der Waals surface area (Å²) in [7, 11) is -2.28. The van der Waals surface area contributed by atoms with Crippen LogP contribution in [0.5, 0.6) is 5.75 Å². The summed E-state index contributed by atoms with van der Waals surface area (Å²) < 4.78 is 34.0. The van der Waals surface area contributed by atoms with Gasteiger partial charge < -0.3 is 4.74 Å². The van der Waals surface area contributed by atoms with Crippen molar-refractivity contribution < 1.29 is 17.9 Å². The zero-order valence-electron chi connectivity index (χ0n) is 15.6. The van der Waals surface area contributed by atoms with Crippen molar-refractivity contribution >= 4 is 15.8 Å². The molecule has 0 unspecified atom stereocenters. The minimum atomic E-state index is -3.86. The van der Waals surface area contributed by atoms with Gasteiger partial charge in [-0.05, 0) is 42.3 Å². The predicted octanol–water partition coefficient (Wildman–Crippen LogP) is 3.97. The van der Waals surface area contributed by atoms with Crippen molar-refractivity contribution in [3.8, 4) is 5.75 Å². The quantitative estimate of drug-likeness (QED) is 0.615. The van der Waals surface area contributed by atoms with Crippen LogP contribution in [0.1, 0.15) is 34.5 Å². The molecule has 3 rings (SSSR count). The number of methoxy groups -OCH3 is 1. The van der Waals surface area contributed by atoms with Gasteiger partial charge in [-0.3, -0.25) is 4.79 Å². The fourth-order valence-electron chi connectivity index (χ4n) is 2.88. The van der Waals surface area contributed by atoms with Gasteiger partial charge in [0.05, 0.1) is 18.0 Å². The lowest BCUT2D eigenvalue weighted by atomic mass is 10.00. The number of hydrogen-bond acceptors (Lipinski definition) is 4. The van der Waals surface area contributed by atoms with Crippen molar-refractivity contribution in [1.82, 2.24) is 4.72 Å². The van der Waals surface area contributed by atoms with E-state index in [1.54, 1.807) is 31.4 Å². The van der Waals surface area contributed by atoms with Crippen LogP contribution in [0.2, 0.25) is 0 Å². The van der Waals surface area contributed by atoms with Gasteiger partial charge in [-0.1, -0.05) is 54.6 Å². The molecular weight excluding hydrogens is 374 g/mol. The summed E-state index contributed by atoms with van der Waals surface area (Å²) in [5.74, 6) is 0.499. The monoisotopic (exact) mass is 395 g/mol. The highest BCUT2D eigenvalue weighted by molar-refractivity contribution is 7.89. The molecule has 6 heteroatoms. The van der Waals surface area contributed by atoms with E-state index in [2.05, 4.69) is 4.72 Å². The van der Waals surface area contributed by atoms with Crippen molar-refractivity contribution in [2.75, 3.05) is 7.11 Å². The maximum Gasteiger partial charge on any atom is 0.241 e. The molecule has 0 saturated carbocycles. The summed E-state index contributed by atoms with van der Waals surface area (Å²) in [6.07, 6.45) is 0. The summed E-state index contributed by atoms with van der Waals surface area (Å²) in [6, 6.07) is 22.0. The molecule has 0 aliphatic heterocycles. The van der Waals surface area contributed by atoms with Crippen LogP contribution in [-0.4, -0.2) is 21.3 Å². The lowest BCUT2D eigenvalue weighted by Crippen LogP contribution is -2.29. The van der Waals surface area contributed by atoms with E-state index in [1.807, 2.05) is 42.5 Å². The summed E-state index contributed by atoms with van der Waals surface area (Å²) in [5.41, 5.74) is 1.93. The molecule has 1 N–H and O–H groups in total. The maximum absolute atomic E-state index is 13.0. The molecule has 0 spiro atoms. The van der Waals surface area contributed by atoms with Gasteiger partial charge in [0.25, 0.3) is 0 Å². The van der Waals surface area contributed by atoms with E-state index in [9.17, 15) is 13.2 Å². The average Bonchev–Trinajstić information content (AvgIpc) is 2.73. The Morgan fingerprint density at radius 3 is 2.14 bits per heavy atom. The Morgan fingerprint density at radius 2 is 1.54 bits per heavy atom. The molecule has 1 atom stereocenters. The Balaban J connectivity index is 2.01. The largest absolute Gasteiger partial charge is 0.497 e. The number of hydrogen-bond donors (Lipinski definition) is 1. The van der Waals surface area contributed by atoms with Gasteiger partial charge in [0.15, 0.2) is 5.78 Å². The van der Waals surface area contributed by atoms with E-state index < -0.39 is 16.1 Å². The van der Waals surface area contributed by atoms with Crippen LogP contribution in [0.4, 0.5) is 0 Å². The summed E-state index contributed by atoms with van der Waals surface area (Å²) in [4.78, 5) is 11.7. The van der Waals surface area contributed by atoms with Crippen LogP contribution < -0.4 is 9.46 Å². The lowest BCUT2D eigenvalue weighted by molar-refractivity contribution is 0.101. The van der Waals surface area contributed by atoms with Gasteiger partial charge in [0, 0.05) is 5.56 Å². The Labute approximate surface area is 165 Å². The minimum absolute atomic E-state index is 0.0506. The van der Waals surface area contributed by atoms with Crippen molar-refractivity contribution in [2.24, 2.45) is 0 Å². The molecule has 0 saturated heterocycles. The first-order valence-electron chi connectivity index (χ1n) is 8.73. The molecule has 5 nitrogen and oxygen atoms in total. The SMILES string of the molecule is COc1ccc([C@H](NS(=O)(=O)c2cccc(C(C)=O)c2)c2ccccc2)cc1. The maximum atomic E-state index is 13.0. The minimum Gasteiger partial charge on any atom is -0.497 e. The van der Waals surface area contributed by atoms with Gasteiger partial charge in [-0.2, -0.15) is 4.72 Å². The first-order chi connectivity index (χ1) is 13.4. The number of benzene rings is 3. The second-order valence-corrected chi connectivity index (χ2v) is 8.04. The Morgan fingerprint density at radius 1 is 0.893 bits per heavy atom. The molecule has 28 heavy (non-hydrogen) atoms. The molecule has 0 aromatic heterocycles. The number of carbonyl (C=O) groups excluding carboxylic acids is 1. The van der Waals surface area contributed by atoms with Gasteiger partial charge in [-0.25, -0.2) is 8.42 Å². The first kappa shape index (κ1) is 19.8. The summed E-state index contributed by atoms with van der Waals surface area (Å²) >= 11 is 0. The molecule has 0 heterocycles. The number of carbonyl (C=O) groups is 1. The molecule has 0 radical (unpaired) electrons. The van der Waals surface area contributed by atoms with Gasteiger partial charge in [-0.15, -0.1) is 0 Å². The van der Waals surface area contributed by atoms with Crippen LogP contribution >= 0.6 is 0 Å². The second-order valence-electron chi connectivity index (χ2n) is 6.32. The highest BCUT2D eigenvalue weighted by Crippen LogP contribution is 2.26. The Bertz CT molecular complexity index is 1060. The van der Waals surface area contributed by atoms with Crippen molar-refractivity contribution in [2.45, 2.75) is 17.9 Å². The standard InChI is InChI=1S/C22H21NO4S/c1-16(24)19-9-6-10-21(15-19)28(25,26)23-22(17-7-4-3-5-8-17)18-11-13-20(27-2)14-12-18/h3-15,22-23H,1-2H3/t22-/m1/s1. The zero-order valence-corrected chi connectivity index (χ0v) is 16.4. The molecular formula is C22H21NO4S. The van der Waals surface area contributed by atoms with Gasteiger partial charge >= 0.3 is 0 Å². The molecule has 0 amide bonds. The van der Waals surface area contributed by atoms with Crippen LogP contribution in [0, 0.1) is 0 Å². The van der Waals surface area contributed by atoms with Crippen LogP contribution in [0.3, 0.4) is 0 Å². The lowest BCUT2D eigenvalue weighted by Gasteiger charge is -2.20. The van der Waals surface area contributed by atoms with Gasteiger partial charge in [0.1, 0.15) is 5.75 Å². The fraction of sp³-hybridized carbons (Fsp3) is 0.136. The van der Waals surface area contributed by atoms with E-state index in [4.69, 9.17) is 4.74 Å².